The van der Waals surface area contributed by atoms with Gasteiger partial charge in [0.15, 0.2) is 10.7 Å². The van der Waals surface area contributed by atoms with E-state index in [2.05, 4.69) is 57.8 Å². The van der Waals surface area contributed by atoms with Crippen LogP contribution in [0.3, 0.4) is 0 Å². The first-order chi connectivity index (χ1) is 11.4. The van der Waals surface area contributed by atoms with Gasteiger partial charge in [-0.15, -0.1) is 0 Å². The van der Waals surface area contributed by atoms with Gasteiger partial charge >= 0.3 is 0 Å². The summed E-state index contributed by atoms with van der Waals surface area (Å²) >= 11 is 6.04. The van der Waals surface area contributed by atoms with Crippen LogP contribution in [0.4, 0.5) is 5.69 Å². The largest absolute Gasteiger partial charge is 0.223 e. The minimum atomic E-state index is -0.831. The van der Waals surface area contributed by atoms with Gasteiger partial charge in [0.1, 0.15) is 0 Å². The number of quaternary nitrogens is 1. The van der Waals surface area contributed by atoms with Crippen molar-refractivity contribution >= 4 is 17.3 Å². The van der Waals surface area contributed by atoms with E-state index in [1.807, 2.05) is 12.1 Å². The molecule has 0 bridgehead atoms. The molecule has 2 aromatic carbocycles. The fourth-order valence-electron chi connectivity index (χ4n) is 2.75. The van der Waals surface area contributed by atoms with E-state index in [0.717, 1.165) is 11.1 Å². The van der Waals surface area contributed by atoms with Crippen molar-refractivity contribution in [2.75, 3.05) is 0 Å². The normalized spacial score (nSPS) is 20.0. The summed E-state index contributed by atoms with van der Waals surface area (Å²) in [5.74, 6) is 0. The van der Waals surface area contributed by atoms with Gasteiger partial charge in [-0.05, 0) is 50.4 Å². The molecule has 1 aliphatic rings. The molecule has 1 atom stereocenters. The number of hydrogen-bond acceptors (Lipinski definition) is 3. The molecule has 25 heavy (non-hydrogen) atoms. The van der Waals surface area contributed by atoms with Crippen LogP contribution < -0.4 is 15.6 Å². The summed E-state index contributed by atoms with van der Waals surface area (Å²) in [7, 11) is 0. The number of halogens is 1. The van der Waals surface area contributed by atoms with Crippen LogP contribution >= 0.6 is 11.6 Å². The topological polar surface area (TPSA) is 45.0 Å². The molecule has 0 aliphatic carbocycles. The fourth-order valence-corrected chi connectivity index (χ4v) is 2.92. The molecule has 132 valence electrons. The van der Waals surface area contributed by atoms with Crippen LogP contribution in [0.25, 0.3) is 0 Å². The zero-order valence-corrected chi connectivity index (χ0v) is 16.4. The number of nitrogens with zero attached hydrogens (tertiary/aromatic N) is 3. The summed E-state index contributed by atoms with van der Waals surface area (Å²) in [6.07, 6.45) is 0. The summed E-state index contributed by atoms with van der Waals surface area (Å²) in [5.41, 5.74) is 2.81. The highest BCUT2D eigenvalue weighted by Gasteiger charge is 2.36. The maximum atomic E-state index is 11.1. The van der Waals surface area contributed by atoms with Crippen molar-refractivity contribution in [2.24, 2.45) is 10.2 Å². The van der Waals surface area contributed by atoms with Gasteiger partial charge in [0.2, 0.25) is 5.69 Å². The summed E-state index contributed by atoms with van der Waals surface area (Å²) in [6, 6.07) is 11.4. The molecule has 4 nitrogen and oxygen atoms in total. The summed E-state index contributed by atoms with van der Waals surface area (Å²) < 4.78 is 0. The average molecular weight is 359 g/mol. The SMILES string of the molecule is CC(C)(C)c1cc(C(C)(C)C)cc([N+]2(O)N=c3ccc(Cl)cc3=N2)c1. The second kappa shape index (κ2) is 5.63. The van der Waals surface area contributed by atoms with Gasteiger partial charge in [-0.25, -0.2) is 0 Å². The van der Waals surface area contributed by atoms with Gasteiger partial charge in [0.25, 0.3) is 0 Å². The smallest absolute Gasteiger partial charge is 0.153 e. The van der Waals surface area contributed by atoms with Crippen molar-refractivity contribution in [2.45, 2.75) is 52.4 Å². The molecule has 1 N–H and O–H groups in total. The van der Waals surface area contributed by atoms with Gasteiger partial charge in [0.05, 0.1) is 4.86 Å². The molecule has 0 amide bonds. The molecule has 5 heteroatoms. The lowest BCUT2D eigenvalue weighted by atomic mass is 9.80. The molecular formula is C20H25ClN3O+. The second-order valence-corrected chi connectivity index (χ2v) is 9.11. The molecule has 0 saturated carbocycles. The van der Waals surface area contributed by atoms with E-state index >= 15 is 0 Å². The standard InChI is InChI=1S/C20H25ClN3O/c1-19(2,3)13-9-14(20(4,5)6)11-16(10-13)24(25)22-17-8-7-15(21)12-18(17)23-24/h7-12,25H,1-6H3/q+1. The maximum Gasteiger partial charge on any atom is 0.223 e. The zero-order chi connectivity index (χ0) is 18.6. The Morgan fingerprint density at radius 3 is 1.84 bits per heavy atom. The lowest BCUT2D eigenvalue weighted by Gasteiger charge is -2.26. The molecule has 0 aromatic heterocycles. The van der Waals surface area contributed by atoms with Crippen LogP contribution in [0, 0.1) is 0 Å². The Morgan fingerprint density at radius 1 is 0.800 bits per heavy atom. The zero-order valence-electron chi connectivity index (χ0n) is 15.6. The number of fused-ring (bicyclic) bond motifs is 1. The third-order valence-electron chi connectivity index (χ3n) is 4.43. The van der Waals surface area contributed by atoms with Gasteiger partial charge < -0.3 is 0 Å². The summed E-state index contributed by atoms with van der Waals surface area (Å²) in [4.78, 5) is -0.831. The van der Waals surface area contributed by atoms with Gasteiger partial charge in [0, 0.05) is 17.2 Å². The van der Waals surface area contributed by atoms with Gasteiger partial charge in [-0.3, -0.25) is 0 Å². The van der Waals surface area contributed by atoms with Crippen LogP contribution in [-0.4, -0.2) is 5.21 Å². The fraction of sp³-hybridized carbons (Fsp3) is 0.400. The van der Waals surface area contributed by atoms with Crippen molar-refractivity contribution in [3.8, 4) is 0 Å². The number of benzene rings is 2. The molecule has 3 rings (SSSR count). The highest BCUT2D eigenvalue weighted by Crippen LogP contribution is 2.35. The first kappa shape index (κ1) is 18.1. The first-order valence-corrected chi connectivity index (χ1v) is 8.81. The molecule has 0 saturated heterocycles. The highest BCUT2D eigenvalue weighted by molar-refractivity contribution is 6.30. The molecule has 1 heterocycles. The Hall–Kier alpha value is -1.75. The molecule has 1 unspecified atom stereocenters. The Bertz CT molecular complexity index is 922. The summed E-state index contributed by atoms with van der Waals surface area (Å²) in [6.45, 7) is 13.0. The van der Waals surface area contributed by atoms with E-state index in [1.165, 1.54) is 0 Å². The Balaban J connectivity index is 2.24. The molecular weight excluding hydrogens is 334 g/mol. The van der Waals surface area contributed by atoms with Crippen LogP contribution in [0.2, 0.25) is 5.02 Å². The highest BCUT2D eigenvalue weighted by atomic mass is 35.5. The Labute approximate surface area is 153 Å². The third kappa shape index (κ3) is 3.47. The van der Waals surface area contributed by atoms with Crippen molar-refractivity contribution in [1.82, 2.24) is 4.86 Å². The lowest BCUT2D eigenvalue weighted by molar-refractivity contribution is -0.0797. The van der Waals surface area contributed by atoms with E-state index in [0.29, 0.717) is 21.4 Å². The van der Waals surface area contributed by atoms with Crippen molar-refractivity contribution < 1.29 is 5.21 Å². The third-order valence-corrected chi connectivity index (χ3v) is 4.66. The molecule has 0 radical (unpaired) electrons. The van der Waals surface area contributed by atoms with E-state index in [4.69, 9.17) is 11.6 Å². The monoisotopic (exact) mass is 358 g/mol. The van der Waals surface area contributed by atoms with Crippen molar-refractivity contribution in [3.63, 3.8) is 0 Å². The molecule has 0 fully saturated rings. The minimum absolute atomic E-state index is 0.0505. The van der Waals surface area contributed by atoms with Crippen LogP contribution in [0.5, 0.6) is 0 Å². The van der Waals surface area contributed by atoms with E-state index in [9.17, 15) is 5.21 Å². The molecule has 1 aliphatic heterocycles. The quantitative estimate of drug-likeness (QED) is 0.754. The average Bonchev–Trinajstić information content (AvgIpc) is 2.82. The van der Waals surface area contributed by atoms with E-state index < -0.39 is 4.86 Å². The predicted octanol–water partition coefficient (Wildman–Crippen LogP) is 4.41. The van der Waals surface area contributed by atoms with Crippen LogP contribution in [-0.2, 0) is 10.8 Å². The Kier molecular flexibility index (Phi) is 4.06. The van der Waals surface area contributed by atoms with Gasteiger partial charge in [-0.1, -0.05) is 59.2 Å². The molecule has 0 spiro atoms. The second-order valence-electron chi connectivity index (χ2n) is 8.67. The van der Waals surface area contributed by atoms with Crippen molar-refractivity contribution in [3.05, 3.63) is 63.3 Å². The van der Waals surface area contributed by atoms with Crippen molar-refractivity contribution in [1.29, 1.82) is 0 Å². The maximum absolute atomic E-state index is 11.1. The summed E-state index contributed by atoms with van der Waals surface area (Å²) in [5, 5.41) is 21.7. The predicted molar refractivity (Wildman–Crippen MR) is 101 cm³/mol. The first-order valence-electron chi connectivity index (χ1n) is 8.43. The number of rotatable bonds is 1. The van der Waals surface area contributed by atoms with E-state index in [1.54, 1.807) is 18.2 Å². The van der Waals surface area contributed by atoms with Crippen LogP contribution in [0.15, 0.2) is 46.6 Å². The molecule has 2 aromatic rings. The van der Waals surface area contributed by atoms with E-state index in [-0.39, 0.29) is 10.8 Å². The number of hydrogen-bond donors (Lipinski definition) is 1. The minimum Gasteiger partial charge on any atom is -0.153 e. The Morgan fingerprint density at radius 2 is 1.32 bits per heavy atom. The van der Waals surface area contributed by atoms with Crippen LogP contribution in [0.1, 0.15) is 52.7 Å². The lowest BCUT2D eigenvalue weighted by Crippen LogP contribution is -2.33. The van der Waals surface area contributed by atoms with Gasteiger partial charge in [-0.2, -0.15) is 5.21 Å².